The number of hydrogen-bond donors (Lipinski definition) is 3. The third-order valence-corrected chi connectivity index (χ3v) is 7.70. The summed E-state index contributed by atoms with van der Waals surface area (Å²) < 4.78 is 27.5. The smallest absolute Gasteiger partial charge is 0.240 e. The van der Waals surface area contributed by atoms with Crippen molar-refractivity contribution in [3.63, 3.8) is 0 Å². The second-order valence-electron chi connectivity index (χ2n) is 8.44. The molecule has 0 bridgehead atoms. The maximum atomic E-state index is 12.5. The highest BCUT2D eigenvalue weighted by Gasteiger charge is 2.27. The molecule has 3 rings (SSSR count). The van der Waals surface area contributed by atoms with Crippen LogP contribution in [0.4, 0.5) is 0 Å². The van der Waals surface area contributed by atoms with Crippen molar-refractivity contribution in [2.24, 2.45) is 11.8 Å². The number of halogens is 1. The molecule has 0 unspecified atom stereocenters. The van der Waals surface area contributed by atoms with Crippen LogP contribution < -0.4 is 15.4 Å². The van der Waals surface area contributed by atoms with Crippen LogP contribution in [0.1, 0.15) is 44.2 Å². The fourth-order valence-corrected chi connectivity index (χ4v) is 5.22. The van der Waals surface area contributed by atoms with Gasteiger partial charge in [-0.05, 0) is 68.4 Å². The van der Waals surface area contributed by atoms with E-state index in [1.54, 1.807) is 12.1 Å². The average molecular weight is 492 g/mol. The van der Waals surface area contributed by atoms with E-state index in [0.717, 1.165) is 18.4 Å². The molecule has 0 spiro atoms. The Hall–Kier alpha value is -2.42. The molecule has 0 heterocycles. The van der Waals surface area contributed by atoms with E-state index < -0.39 is 10.0 Å². The molecule has 1 aliphatic rings. The first-order valence-corrected chi connectivity index (χ1v) is 13.0. The van der Waals surface area contributed by atoms with Crippen LogP contribution in [0.3, 0.4) is 0 Å². The molecule has 1 aliphatic carbocycles. The number of sulfonamides is 1. The van der Waals surface area contributed by atoms with Crippen molar-refractivity contribution in [1.29, 1.82) is 0 Å². The summed E-state index contributed by atoms with van der Waals surface area (Å²) >= 11 is 5.82. The van der Waals surface area contributed by atoms with Gasteiger partial charge in [0.05, 0.1) is 17.5 Å². The SMILES string of the molecule is C[C@@H](NC(=O)CNC(=O)C1CCC(CNS(=O)(=O)c2ccc(Cl)cc2)CC1)c1ccccc1. The van der Waals surface area contributed by atoms with Crippen molar-refractivity contribution in [2.75, 3.05) is 13.1 Å². The number of carbonyl (C=O) groups excluding carboxylic acids is 2. The fraction of sp³-hybridized carbons (Fsp3) is 0.417. The van der Waals surface area contributed by atoms with Crippen LogP contribution in [0.25, 0.3) is 0 Å². The Morgan fingerprint density at radius 1 is 1.00 bits per heavy atom. The Morgan fingerprint density at radius 3 is 2.27 bits per heavy atom. The van der Waals surface area contributed by atoms with Crippen LogP contribution in [0.15, 0.2) is 59.5 Å². The number of benzene rings is 2. The third-order valence-electron chi connectivity index (χ3n) is 6.00. The summed E-state index contributed by atoms with van der Waals surface area (Å²) in [5.41, 5.74) is 1.00. The first-order chi connectivity index (χ1) is 15.7. The highest BCUT2D eigenvalue weighted by atomic mass is 35.5. The average Bonchev–Trinajstić information content (AvgIpc) is 2.82. The molecular formula is C24H30ClN3O4S. The van der Waals surface area contributed by atoms with Gasteiger partial charge < -0.3 is 10.6 Å². The van der Waals surface area contributed by atoms with Gasteiger partial charge in [0.25, 0.3) is 0 Å². The molecule has 2 amide bonds. The zero-order chi connectivity index (χ0) is 23.8. The van der Waals surface area contributed by atoms with Crippen molar-refractivity contribution in [3.8, 4) is 0 Å². The second-order valence-corrected chi connectivity index (χ2v) is 10.6. The summed E-state index contributed by atoms with van der Waals surface area (Å²) in [5.74, 6) is -0.345. The van der Waals surface area contributed by atoms with Crippen LogP contribution in [-0.2, 0) is 19.6 Å². The fourth-order valence-electron chi connectivity index (χ4n) is 3.98. The van der Waals surface area contributed by atoms with Crippen molar-refractivity contribution >= 4 is 33.4 Å². The van der Waals surface area contributed by atoms with Crippen LogP contribution in [0, 0.1) is 11.8 Å². The minimum atomic E-state index is -3.59. The normalized spacial score (nSPS) is 19.5. The number of rotatable bonds is 9. The highest BCUT2D eigenvalue weighted by Crippen LogP contribution is 2.29. The molecule has 0 aliphatic heterocycles. The Kier molecular flexibility index (Phi) is 8.88. The van der Waals surface area contributed by atoms with Gasteiger partial charge in [-0.3, -0.25) is 9.59 Å². The van der Waals surface area contributed by atoms with Gasteiger partial charge in [0.1, 0.15) is 0 Å². The Bertz CT molecular complexity index is 1040. The van der Waals surface area contributed by atoms with Crippen LogP contribution >= 0.6 is 11.6 Å². The molecule has 7 nitrogen and oxygen atoms in total. The topological polar surface area (TPSA) is 104 Å². The summed E-state index contributed by atoms with van der Waals surface area (Å²) in [5, 5.41) is 6.10. The maximum Gasteiger partial charge on any atom is 0.240 e. The highest BCUT2D eigenvalue weighted by molar-refractivity contribution is 7.89. The monoisotopic (exact) mass is 491 g/mol. The van der Waals surface area contributed by atoms with Crippen molar-refractivity contribution in [3.05, 3.63) is 65.2 Å². The van der Waals surface area contributed by atoms with Crippen molar-refractivity contribution < 1.29 is 18.0 Å². The molecule has 2 aromatic rings. The molecular weight excluding hydrogens is 462 g/mol. The van der Waals surface area contributed by atoms with E-state index in [-0.39, 0.29) is 41.1 Å². The van der Waals surface area contributed by atoms with Gasteiger partial charge in [-0.25, -0.2) is 13.1 Å². The number of amides is 2. The molecule has 1 atom stereocenters. The van der Waals surface area contributed by atoms with Gasteiger partial charge >= 0.3 is 0 Å². The predicted octanol–water partition coefficient (Wildman–Crippen LogP) is 3.42. The first kappa shape index (κ1) is 25.2. The summed E-state index contributed by atoms with van der Waals surface area (Å²) in [6.45, 7) is 2.17. The number of hydrogen-bond acceptors (Lipinski definition) is 4. The molecule has 9 heteroatoms. The van der Waals surface area contributed by atoms with E-state index >= 15 is 0 Å². The van der Waals surface area contributed by atoms with Gasteiger partial charge in [-0.15, -0.1) is 0 Å². The van der Waals surface area contributed by atoms with E-state index in [0.29, 0.717) is 24.4 Å². The minimum absolute atomic E-state index is 0.0587. The van der Waals surface area contributed by atoms with Crippen LogP contribution in [-0.4, -0.2) is 33.3 Å². The lowest BCUT2D eigenvalue weighted by Crippen LogP contribution is -2.41. The lowest BCUT2D eigenvalue weighted by Gasteiger charge is -2.28. The lowest BCUT2D eigenvalue weighted by atomic mass is 9.81. The molecule has 0 aromatic heterocycles. The molecule has 0 radical (unpaired) electrons. The van der Waals surface area contributed by atoms with Gasteiger partial charge in [0, 0.05) is 17.5 Å². The summed E-state index contributed by atoms with van der Waals surface area (Å²) in [6, 6.07) is 15.5. The van der Waals surface area contributed by atoms with E-state index in [1.165, 1.54) is 12.1 Å². The Morgan fingerprint density at radius 2 is 1.64 bits per heavy atom. The Balaban J connectivity index is 1.37. The number of carbonyl (C=O) groups is 2. The minimum Gasteiger partial charge on any atom is -0.348 e. The van der Waals surface area contributed by atoms with Crippen LogP contribution in [0.2, 0.25) is 5.02 Å². The molecule has 1 saturated carbocycles. The largest absolute Gasteiger partial charge is 0.348 e. The van der Waals surface area contributed by atoms with Crippen molar-refractivity contribution in [1.82, 2.24) is 15.4 Å². The van der Waals surface area contributed by atoms with Gasteiger partial charge in [0.2, 0.25) is 21.8 Å². The van der Waals surface area contributed by atoms with Gasteiger partial charge in [-0.1, -0.05) is 41.9 Å². The Labute approximate surface area is 200 Å². The van der Waals surface area contributed by atoms with Gasteiger partial charge in [-0.2, -0.15) is 0 Å². The summed E-state index contributed by atoms with van der Waals surface area (Å²) in [6.07, 6.45) is 2.83. The van der Waals surface area contributed by atoms with Gasteiger partial charge in [0.15, 0.2) is 0 Å². The lowest BCUT2D eigenvalue weighted by molar-refractivity contribution is -0.129. The van der Waals surface area contributed by atoms with Crippen LogP contribution in [0.5, 0.6) is 0 Å². The molecule has 178 valence electrons. The third kappa shape index (κ3) is 7.55. The van der Waals surface area contributed by atoms with E-state index in [9.17, 15) is 18.0 Å². The zero-order valence-electron chi connectivity index (χ0n) is 18.6. The molecule has 2 aromatic carbocycles. The predicted molar refractivity (Wildman–Crippen MR) is 128 cm³/mol. The summed E-state index contributed by atoms with van der Waals surface area (Å²) in [4.78, 5) is 24.8. The van der Waals surface area contributed by atoms with E-state index in [4.69, 9.17) is 11.6 Å². The molecule has 1 fully saturated rings. The van der Waals surface area contributed by atoms with Crippen molar-refractivity contribution in [2.45, 2.75) is 43.5 Å². The standard InChI is InChI=1S/C24H30ClN3O4S/c1-17(19-5-3-2-4-6-19)28-23(29)16-26-24(30)20-9-7-18(8-10-20)15-27-33(31,32)22-13-11-21(25)12-14-22/h2-6,11-14,17-18,20,27H,7-10,15-16H2,1H3,(H,26,30)(H,28,29)/t17-,18?,20?/m1/s1. The molecule has 0 saturated heterocycles. The van der Waals surface area contributed by atoms with E-state index in [1.807, 2.05) is 37.3 Å². The second kappa shape index (κ2) is 11.6. The number of nitrogens with one attached hydrogen (secondary N) is 3. The first-order valence-electron chi connectivity index (χ1n) is 11.1. The van der Waals surface area contributed by atoms with E-state index in [2.05, 4.69) is 15.4 Å². The quantitative estimate of drug-likeness (QED) is 0.500. The maximum absolute atomic E-state index is 12.5. The zero-order valence-corrected chi connectivity index (χ0v) is 20.2. The molecule has 33 heavy (non-hydrogen) atoms. The summed E-state index contributed by atoms with van der Waals surface area (Å²) in [7, 11) is -3.59. The molecule has 3 N–H and O–H groups in total.